The Kier molecular flexibility index (Phi) is 9.12. The molecule has 0 unspecified atom stereocenters. The van der Waals surface area contributed by atoms with E-state index in [0.29, 0.717) is 35.5 Å². The fourth-order valence-electron chi connectivity index (χ4n) is 5.92. The van der Waals surface area contributed by atoms with Crippen LogP contribution < -0.4 is 10.0 Å². The number of sulfonamides is 1. The highest BCUT2D eigenvalue weighted by Gasteiger charge is 2.49. The number of aliphatic imine (C=N–C) groups is 1. The van der Waals surface area contributed by atoms with Gasteiger partial charge in [0.1, 0.15) is 23.4 Å². The lowest BCUT2D eigenvalue weighted by atomic mass is 9.96. The zero-order chi connectivity index (χ0) is 30.6. The Balaban J connectivity index is 1.49. The highest BCUT2D eigenvalue weighted by atomic mass is 32.2. The second-order valence-corrected chi connectivity index (χ2v) is 13.0. The van der Waals surface area contributed by atoms with E-state index in [1.165, 1.54) is 0 Å². The lowest BCUT2D eigenvalue weighted by molar-refractivity contribution is -0.131. The van der Waals surface area contributed by atoms with Gasteiger partial charge in [0.2, 0.25) is 0 Å². The van der Waals surface area contributed by atoms with Gasteiger partial charge < -0.3 is 14.6 Å². The van der Waals surface area contributed by atoms with E-state index < -0.39 is 15.6 Å². The number of unbranched alkanes of at least 4 members (excludes halogenated alkanes) is 1. The molecule has 2 aliphatic rings. The lowest BCUT2D eigenvalue weighted by Gasteiger charge is -2.23. The summed E-state index contributed by atoms with van der Waals surface area (Å²) < 4.78 is 34.9. The standard InChI is InChI=1S/C32H39N5O5S/c1-4-5-12-29-34-32(15-8-9-16-32)31(39)37(29)21-24-13-14-26(25(19-24)20-33-17-18-38)27-10-6-7-11-28(27)43(40,41)36-30-22(2)23(3)42-35-30/h6-7,10-11,13-14,18-19,33H,4-5,8-9,12,15-17,20-21H2,1-3H3,(H,35,36). The Morgan fingerprint density at radius 1 is 1.09 bits per heavy atom. The van der Waals surface area contributed by atoms with Crippen molar-refractivity contribution in [3.05, 3.63) is 64.9 Å². The van der Waals surface area contributed by atoms with Gasteiger partial charge in [0, 0.05) is 24.1 Å². The number of nitrogens with one attached hydrogen (secondary N) is 2. The summed E-state index contributed by atoms with van der Waals surface area (Å²) in [6.45, 7) is 6.46. The highest BCUT2D eigenvalue weighted by Crippen LogP contribution is 2.40. The van der Waals surface area contributed by atoms with Crippen molar-refractivity contribution in [2.75, 3.05) is 11.3 Å². The second kappa shape index (κ2) is 12.8. The summed E-state index contributed by atoms with van der Waals surface area (Å²) in [4.78, 5) is 31.7. The van der Waals surface area contributed by atoms with Crippen LogP contribution in [0.15, 0.2) is 56.9 Å². The first-order chi connectivity index (χ1) is 20.7. The van der Waals surface area contributed by atoms with Gasteiger partial charge in [0.05, 0.1) is 18.0 Å². The molecule has 43 heavy (non-hydrogen) atoms. The molecule has 0 saturated heterocycles. The molecule has 2 aromatic carbocycles. The van der Waals surface area contributed by atoms with E-state index >= 15 is 0 Å². The van der Waals surface area contributed by atoms with Crippen LogP contribution in [0.25, 0.3) is 11.1 Å². The monoisotopic (exact) mass is 605 g/mol. The normalized spacial score (nSPS) is 16.2. The maximum atomic E-state index is 13.7. The average molecular weight is 606 g/mol. The van der Waals surface area contributed by atoms with E-state index in [-0.39, 0.29) is 23.2 Å². The second-order valence-electron chi connectivity index (χ2n) is 11.4. The Bertz CT molecular complexity index is 1640. The van der Waals surface area contributed by atoms with Crippen molar-refractivity contribution in [2.24, 2.45) is 4.99 Å². The number of amidine groups is 1. The number of anilines is 1. The number of nitrogens with zero attached hydrogens (tertiary/aromatic N) is 3. The van der Waals surface area contributed by atoms with E-state index in [0.717, 1.165) is 68.2 Å². The predicted octanol–water partition coefficient (Wildman–Crippen LogP) is 5.29. The number of carbonyl (C=O) groups is 2. The topological polar surface area (TPSA) is 134 Å². The van der Waals surface area contributed by atoms with Crippen molar-refractivity contribution < 1.29 is 22.5 Å². The summed E-state index contributed by atoms with van der Waals surface area (Å²) in [5.41, 5.74) is 2.93. The van der Waals surface area contributed by atoms with Crippen LogP contribution in [0.1, 0.15) is 74.3 Å². The largest absolute Gasteiger partial charge is 0.359 e. The van der Waals surface area contributed by atoms with Gasteiger partial charge in [-0.25, -0.2) is 8.42 Å². The molecule has 0 bridgehead atoms. The average Bonchev–Trinajstić information content (AvgIpc) is 3.67. The van der Waals surface area contributed by atoms with Crippen LogP contribution in [0.5, 0.6) is 0 Å². The molecule has 2 N–H and O–H groups in total. The van der Waals surface area contributed by atoms with Gasteiger partial charge in [0.25, 0.3) is 15.9 Å². The van der Waals surface area contributed by atoms with Gasteiger partial charge in [-0.15, -0.1) is 0 Å². The summed E-state index contributed by atoms with van der Waals surface area (Å²) in [5, 5.41) is 6.98. The molecule has 1 saturated carbocycles. The van der Waals surface area contributed by atoms with Crippen molar-refractivity contribution in [1.82, 2.24) is 15.4 Å². The molecule has 1 aromatic heterocycles. The van der Waals surface area contributed by atoms with Crippen molar-refractivity contribution in [3.63, 3.8) is 0 Å². The molecule has 1 fully saturated rings. The van der Waals surface area contributed by atoms with Gasteiger partial charge >= 0.3 is 0 Å². The summed E-state index contributed by atoms with van der Waals surface area (Å²) in [6, 6.07) is 12.6. The number of amides is 1. The third-order valence-corrected chi connectivity index (χ3v) is 9.79. The number of carbonyl (C=O) groups excluding carboxylic acids is 2. The van der Waals surface area contributed by atoms with E-state index in [1.807, 2.05) is 23.1 Å². The van der Waals surface area contributed by atoms with Crippen LogP contribution in [0, 0.1) is 13.8 Å². The van der Waals surface area contributed by atoms with Crippen LogP contribution in [-0.4, -0.2) is 48.6 Å². The molecule has 0 atom stereocenters. The van der Waals surface area contributed by atoms with Crippen molar-refractivity contribution in [3.8, 4) is 11.1 Å². The number of benzene rings is 2. The Hall–Kier alpha value is -3.83. The minimum atomic E-state index is -4.03. The molecule has 11 heteroatoms. The number of hydrogen-bond donors (Lipinski definition) is 2. The molecule has 0 radical (unpaired) electrons. The fraction of sp³-hybridized carbons (Fsp3) is 0.438. The van der Waals surface area contributed by atoms with Crippen LogP contribution in [0.2, 0.25) is 0 Å². The quantitative estimate of drug-likeness (QED) is 0.200. The van der Waals surface area contributed by atoms with Crippen molar-refractivity contribution >= 4 is 33.9 Å². The molecule has 1 aliphatic carbocycles. The first kappa shape index (κ1) is 30.6. The van der Waals surface area contributed by atoms with E-state index in [9.17, 15) is 18.0 Å². The minimum Gasteiger partial charge on any atom is -0.359 e. The molecule has 5 rings (SSSR count). The highest BCUT2D eigenvalue weighted by molar-refractivity contribution is 7.92. The number of aromatic nitrogens is 1. The van der Waals surface area contributed by atoms with Crippen LogP contribution in [-0.2, 0) is 32.7 Å². The summed E-state index contributed by atoms with van der Waals surface area (Å²) >= 11 is 0. The summed E-state index contributed by atoms with van der Waals surface area (Å²) in [6.07, 6.45) is 7.15. The van der Waals surface area contributed by atoms with Crippen molar-refractivity contribution in [2.45, 2.75) is 89.2 Å². The fourth-order valence-corrected chi connectivity index (χ4v) is 7.20. The van der Waals surface area contributed by atoms with Gasteiger partial charge in [-0.1, -0.05) is 67.7 Å². The van der Waals surface area contributed by atoms with Crippen LogP contribution in [0.3, 0.4) is 0 Å². The number of aldehydes is 1. The zero-order valence-electron chi connectivity index (χ0n) is 25.0. The van der Waals surface area contributed by atoms with Crippen molar-refractivity contribution in [1.29, 1.82) is 0 Å². The smallest absolute Gasteiger partial charge is 0.263 e. The Labute approximate surface area is 253 Å². The first-order valence-electron chi connectivity index (χ1n) is 14.9. The van der Waals surface area contributed by atoms with E-state index in [1.54, 1.807) is 38.1 Å². The lowest BCUT2D eigenvalue weighted by Crippen LogP contribution is -2.40. The van der Waals surface area contributed by atoms with Gasteiger partial charge in [0.15, 0.2) is 5.82 Å². The SMILES string of the molecule is CCCCC1=NC2(CCCC2)C(=O)N1Cc1ccc(-c2ccccc2S(=O)(=O)Nc2noc(C)c2C)c(CNCC=O)c1. The molecular weight excluding hydrogens is 566 g/mol. The third-order valence-electron chi connectivity index (χ3n) is 8.39. The van der Waals surface area contributed by atoms with Gasteiger partial charge in [-0.2, -0.15) is 0 Å². The summed E-state index contributed by atoms with van der Waals surface area (Å²) in [7, 11) is -4.03. The maximum Gasteiger partial charge on any atom is 0.263 e. The van der Waals surface area contributed by atoms with Crippen LogP contribution >= 0.6 is 0 Å². The van der Waals surface area contributed by atoms with Gasteiger partial charge in [-0.3, -0.25) is 19.4 Å². The Morgan fingerprint density at radius 2 is 1.86 bits per heavy atom. The molecule has 1 aliphatic heterocycles. The molecule has 1 amide bonds. The molecular formula is C32H39N5O5S. The molecule has 2 heterocycles. The molecule has 228 valence electrons. The van der Waals surface area contributed by atoms with E-state index in [4.69, 9.17) is 9.52 Å². The first-order valence-corrected chi connectivity index (χ1v) is 16.4. The number of hydrogen-bond acceptors (Lipinski definition) is 8. The summed E-state index contributed by atoms with van der Waals surface area (Å²) in [5.74, 6) is 1.62. The minimum absolute atomic E-state index is 0.0849. The number of rotatable bonds is 13. The maximum absolute atomic E-state index is 13.7. The van der Waals surface area contributed by atoms with Gasteiger partial charge in [-0.05, 0) is 55.9 Å². The predicted molar refractivity (Wildman–Crippen MR) is 165 cm³/mol. The molecule has 10 nitrogen and oxygen atoms in total. The van der Waals surface area contributed by atoms with E-state index in [2.05, 4.69) is 22.1 Å². The molecule has 3 aromatic rings. The zero-order valence-corrected chi connectivity index (χ0v) is 25.8. The van der Waals surface area contributed by atoms with Crippen LogP contribution in [0.4, 0.5) is 5.82 Å². The third kappa shape index (κ3) is 6.28. The number of aryl methyl sites for hydroxylation is 1. The Morgan fingerprint density at radius 3 is 2.56 bits per heavy atom. The molecule has 1 spiro atoms.